The van der Waals surface area contributed by atoms with Crippen LogP contribution in [0.2, 0.25) is 0 Å². The Morgan fingerprint density at radius 3 is 2.56 bits per heavy atom. The molecule has 220 valence electrons. The van der Waals surface area contributed by atoms with Gasteiger partial charge in [-0.3, -0.25) is 9.48 Å². The van der Waals surface area contributed by atoms with E-state index in [2.05, 4.69) is 16.4 Å². The fourth-order valence-corrected chi connectivity index (χ4v) is 6.08. The maximum atomic E-state index is 13.0. The minimum Gasteiger partial charge on any atom is -0.458 e. The molecular weight excluding hydrogens is 548 g/mol. The van der Waals surface area contributed by atoms with Crippen LogP contribution in [0.25, 0.3) is 10.9 Å². The van der Waals surface area contributed by atoms with Gasteiger partial charge in [0, 0.05) is 25.0 Å². The first kappa shape index (κ1) is 30.2. The van der Waals surface area contributed by atoms with Gasteiger partial charge in [-0.05, 0) is 77.8 Å². The molecule has 3 aromatic rings. The molecule has 0 saturated carbocycles. The number of aromatic nitrogens is 3. The molecule has 2 atom stereocenters. The molecule has 2 aromatic heterocycles. The topological polar surface area (TPSA) is 159 Å². The average Bonchev–Trinajstić information content (AvgIpc) is 3.28. The van der Waals surface area contributed by atoms with Gasteiger partial charge in [0.1, 0.15) is 11.0 Å². The molecule has 0 radical (unpaired) electrons. The van der Waals surface area contributed by atoms with Crippen molar-refractivity contribution in [1.82, 2.24) is 19.1 Å². The third-order valence-corrected chi connectivity index (χ3v) is 9.13. The van der Waals surface area contributed by atoms with E-state index in [4.69, 9.17) is 14.6 Å². The van der Waals surface area contributed by atoms with E-state index in [1.165, 1.54) is 29.7 Å². The Labute approximate surface area is 239 Å². The monoisotopic (exact) mass is 584 g/mol. The largest absolute Gasteiger partial charge is 0.458 e. The lowest BCUT2D eigenvalue weighted by Crippen LogP contribution is -2.47. The van der Waals surface area contributed by atoms with Crippen molar-refractivity contribution in [2.75, 3.05) is 19.0 Å². The summed E-state index contributed by atoms with van der Waals surface area (Å²) in [6, 6.07) is 9.88. The van der Waals surface area contributed by atoms with Gasteiger partial charge >= 0.3 is 5.97 Å². The maximum Gasteiger partial charge on any atom is 0.335 e. The summed E-state index contributed by atoms with van der Waals surface area (Å²) >= 11 is 0. The van der Waals surface area contributed by atoms with Crippen molar-refractivity contribution in [3.8, 4) is 6.07 Å². The molecule has 2 unspecified atom stereocenters. The summed E-state index contributed by atoms with van der Waals surface area (Å²) in [5.41, 5.74) is -0.967. The van der Waals surface area contributed by atoms with Gasteiger partial charge in [-0.1, -0.05) is 0 Å². The van der Waals surface area contributed by atoms with Gasteiger partial charge in [-0.25, -0.2) is 13.2 Å². The number of sulfonamides is 1. The molecule has 1 fully saturated rings. The normalized spacial score (nSPS) is 19.8. The van der Waals surface area contributed by atoms with Gasteiger partial charge in [-0.15, -0.1) is 0 Å². The minimum atomic E-state index is -3.66. The molecule has 0 aliphatic carbocycles. The highest BCUT2D eigenvalue weighted by molar-refractivity contribution is 7.89. The summed E-state index contributed by atoms with van der Waals surface area (Å²) in [7, 11) is -2.13. The molecule has 3 heterocycles. The molecule has 4 rings (SSSR count). The second kappa shape index (κ2) is 11.3. The number of nitrogens with one attached hydrogen (secondary N) is 2. The number of rotatable bonds is 8. The molecule has 13 heteroatoms. The second-order valence-electron chi connectivity index (χ2n) is 11.5. The van der Waals surface area contributed by atoms with Crippen LogP contribution in [0, 0.1) is 11.3 Å². The number of hydrogen-bond acceptors (Lipinski definition) is 9. The van der Waals surface area contributed by atoms with Gasteiger partial charge < -0.3 is 19.8 Å². The van der Waals surface area contributed by atoms with Crippen LogP contribution in [-0.4, -0.2) is 64.9 Å². The van der Waals surface area contributed by atoms with E-state index in [0.29, 0.717) is 24.0 Å². The number of esters is 1. The first-order valence-electron chi connectivity index (χ1n) is 13.4. The zero-order valence-corrected chi connectivity index (χ0v) is 24.9. The standard InChI is InChI=1S/C28H36N6O6S/c1-18(2)33(6)41(37,38)20-9-7-19(8-10-20)31-24-23-21(12-16-30-25(23)35)34(32-24)28(14-15-29)13-11-22(39-17-28)26(36)40-27(3,4)5/h7-10,12,16,18,22H,11,13-14,17H2,1-6H3,(H,30,35)(H,31,32). The number of ether oxygens (including phenoxy) is 2. The number of hydrogen-bond donors (Lipinski definition) is 2. The summed E-state index contributed by atoms with van der Waals surface area (Å²) in [6.45, 7) is 8.95. The van der Waals surface area contributed by atoms with Crippen molar-refractivity contribution in [3.63, 3.8) is 0 Å². The van der Waals surface area contributed by atoms with Gasteiger partial charge in [0.05, 0.1) is 35.0 Å². The Bertz CT molecular complexity index is 1620. The fraction of sp³-hybridized carbons (Fsp3) is 0.500. The van der Waals surface area contributed by atoms with E-state index in [0.717, 1.165) is 0 Å². The predicted octanol–water partition coefficient (Wildman–Crippen LogP) is 3.63. The highest BCUT2D eigenvalue weighted by Crippen LogP contribution is 2.37. The number of carbonyl (C=O) groups excluding carboxylic acids is 1. The quantitative estimate of drug-likeness (QED) is 0.377. The zero-order chi connectivity index (χ0) is 30.2. The minimum absolute atomic E-state index is 0.0173. The van der Waals surface area contributed by atoms with Crippen molar-refractivity contribution < 1.29 is 22.7 Å². The molecule has 1 aliphatic rings. The summed E-state index contributed by atoms with van der Waals surface area (Å²) < 4.78 is 40.0. The third-order valence-electron chi connectivity index (χ3n) is 7.08. The molecule has 1 saturated heterocycles. The lowest BCUT2D eigenvalue weighted by Gasteiger charge is -2.39. The Balaban J connectivity index is 1.67. The Hall–Kier alpha value is -3.73. The molecule has 12 nitrogen and oxygen atoms in total. The van der Waals surface area contributed by atoms with Crippen LogP contribution >= 0.6 is 0 Å². The van der Waals surface area contributed by atoms with Crippen LogP contribution in [0.1, 0.15) is 53.9 Å². The molecule has 2 N–H and O–H groups in total. The third kappa shape index (κ3) is 6.14. The van der Waals surface area contributed by atoms with E-state index >= 15 is 0 Å². The predicted molar refractivity (Wildman–Crippen MR) is 153 cm³/mol. The van der Waals surface area contributed by atoms with Crippen LogP contribution in [0.4, 0.5) is 11.5 Å². The molecule has 41 heavy (non-hydrogen) atoms. The van der Waals surface area contributed by atoms with Crippen LogP contribution in [-0.2, 0) is 29.8 Å². The lowest BCUT2D eigenvalue weighted by atomic mass is 9.87. The van der Waals surface area contributed by atoms with E-state index in [-0.39, 0.29) is 40.7 Å². The zero-order valence-electron chi connectivity index (χ0n) is 24.1. The Morgan fingerprint density at radius 1 is 1.32 bits per heavy atom. The molecular formula is C28H36N6O6S. The van der Waals surface area contributed by atoms with Gasteiger partial charge in [-0.2, -0.15) is 14.7 Å². The highest BCUT2D eigenvalue weighted by atomic mass is 32.2. The summed E-state index contributed by atoms with van der Waals surface area (Å²) in [6.07, 6.45) is 1.47. The number of carbonyl (C=O) groups is 1. The number of H-pyrrole nitrogens is 1. The number of fused-ring (bicyclic) bond motifs is 1. The Kier molecular flexibility index (Phi) is 8.31. The van der Waals surface area contributed by atoms with Gasteiger partial charge in [0.15, 0.2) is 11.9 Å². The van der Waals surface area contributed by atoms with Crippen LogP contribution in [0.5, 0.6) is 0 Å². The summed E-state index contributed by atoms with van der Waals surface area (Å²) in [4.78, 5) is 28.4. The first-order valence-corrected chi connectivity index (χ1v) is 14.8. The summed E-state index contributed by atoms with van der Waals surface area (Å²) in [5.74, 6) is -0.222. The number of nitrogens with zero attached hydrogens (tertiary/aromatic N) is 4. The molecule has 0 bridgehead atoms. The molecule has 1 aromatic carbocycles. The van der Waals surface area contributed by atoms with E-state index < -0.39 is 33.2 Å². The molecule has 1 aliphatic heterocycles. The van der Waals surface area contributed by atoms with Crippen molar-refractivity contribution in [2.45, 2.75) is 82.1 Å². The summed E-state index contributed by atoms with van der Waals surface area (Å²) in [5, 5.41) is 17.9. The fourth-order valence-electron chi connectivity index (χ4n) is 4.71. The maximum absolute atomic E-state index is 13.0. The SMILES string of the molecule is CC(C)N(C)S(=O)(=O)c1ccc(Nc2nn(C3(CC#N)CCC(C(=O)OC(C)(C)C)OC3)c3cc[nH]c(=O)c23)cc1. The second-order valence-corrected chi connectivity index (χ2v) is 13.5. The number of pyridine rings is 1. The van der Waals surface area contributed by atoms with Crippen LogP contribution in [0.3, 0.4) is 0 Å². The van der Waals surface area contributed by atoms with E-state index in [1.807, 2.05) is 0 Å². The van der Waals surface area contributed by atoms with Crippen LogP contribution in [0.15, 0.2) is 46.2 Å². The van der Waals surface area contributed by atoms with Crippen molar-refractivity contribution in [3.05, 3.63) is 46.9 Å². The van der Waals surface area contributed by atoms with Gasteiger partial charge in [0.25, 0.3) is 5.56 Å². The van der Waals surface area contributed by atoms with Crippen molar-refractivity contribution >= 4 is 38.4 Å². The lowest BCUT2D eigenvalue weighted by molar-refractivity contribution is -0.176. The van der Waals surface area contributed by atoms with Crippen molar-refractivity contribution in [2.24, 2.45) is 0 Å². The number of anilines is 2. The number of aromatic amines is 1. The van der Waals surface area contributed by atoms with Crippen molar-refractivity contribution in [1.29, 1.82) is 5.26 Å². The van der Waals surface area contributed by atoms with Gasteiger partial charge in [0.2, 0.25) is 10.0 Å². The van der Waals surface area contributed by atoms with E-state index in [1.54, 1.807) is 57.5 Å². The Morgan fingerprint density at radius 2 is 2.00 bits per heavy atom. The highest BCUT2D eigenvalue weighted by Gasteiger charge is 2.43. The molecule has 0 spiro atoms. The number of benzene rings is 1. The average molecular weight is 585 g/mol. The molecule has 0 amide bonds. The van der Waals surface area contributed by atoms with Crippen LogP contribution < -0.4 is 10.9 Å². The van der Waals surface area contributed by atoms with E-state index in [9.17, 15) is 23.3 Å². The first-order chi connectivity index (χ1) is 19.2. The smallest absolute Gasteiger partial charge is 0.335 e. The number of nitriles is 1.